The second-order valence-electron chi connectivity index (χ2n) is 5.89. The van der Waals surface area contributed by atoms with Gasteiger partial charge in [0, 0.05) is 12.0 Å². The van der Waals surface area contributed by atoms with Crippen LogP contribution in [0.15, 0.2) is 0 Å². The molecule has 1 heterocycles. The van der Waals surface area contributed by atoms with Gasteiger partial charge in [-0.25, -0.2) is 4.79 Å². The smallest absolute Gasteiger partial charge is 0.411 e. The molecule has 0 bridgehead atoms. The predicted molar refractivity (Wildman–Crippen MR) is 61.8 cm³/mol. The van der Waals surface area contributed by atoms with Gasteiger partial charge in [0.05, 0.1) is 0 Å². The third kappa shape index (κ3) is 1.67. The summed E-state index contributed by atoms with van der Waals surface area (Å²) in [6.07, 6.45) is 8.79. The molecular weight excluding hydrogens is 202 g/mol. The average molecular weight is 221 g/mol. The first-order valence-electron chi connectivity index (χ1n) is 5.84. The summed E-state index contributed by atoms with van der Waals surface area (Å²) in [4.78, 5) is 13.5. The zero-order chi connectivity index (χ0) is 12.0. The second kappa shape index (κ2) is 3.41. The van der Waals surface area contributed by atoms with Crippen molar-refractivity contribution >= 4 is 6.09 Å². The van der Waals surface area contributed by atoms with Crippen LogP contribution in [0.2, 0.25) is 0 Å². The molecule has 3 heteroatoms. The molecule has 1 spiro atoms. The Bertz CT molecular complexity index is 344. The molecule has 1 saturated heterocycles. The number of ether oxygens (including phenoxy) is 1. The number of rotatable bonds is 0. The van der Waals surface area contributed by atoms with Crippen molar-refractivity contribution in [3.63, 3.8) is 0 Å². The van der Waals surface area contributed by atoms with Gasteiger partial charge in [0.25, 0.3) is 0 Å². The van der Waals surface area contributed by atoms with Gasteiger partial charge in [0.2, 0.25) is 0 Å². The third-order valence-corrected chi connectivity index (χ3v) is 3.51. The molecule has 0 radical (unpaired) electrons. The quantitative estimate of drug-likeness (QED) is 0.588. The highest BCUT2D eigenvalue weighted by Gasteiger charge is 2.57. The van der Waals surface area contributed by atoms with E-state index >= 15 is 0 Å². The Balaban J connectivity index is 1.98. The minimum Gasteiger partial charge on any atom is -0.444 e. The highest BCUT2D eigenvalue weighted by Crippen LogP contribution is 2.53. The SMILES string of the molecule is C#CC1N(C(=O)OC(C)(C)C)CC12CCC2. The normalized spacial score (nSPS) is 26.6. The number of terminal acetylenes is 1. The average Bonchev–Trinajstić information content (AvgIpc) is 1.96. The fourth-order valence-electron chi connectivity index (χ4n) is 2.55. The van der Waals surface area contributed by atoms with Crippen molar-refractivity contribution < 1.29 is 9.53 Å². The van der Waals surface area contributed by atoms with Crippen LogP contribution >= 0.6 is 0 Å². The van der Waals surface area contributed by atoms with Gasteiger partial charge < -0.3 is 4.74 Å². The number of carbonyl (C=O) groups excluding carboxylic acids is 1. The standard InChI is InChI=1S/C13H19NO2/c1-5-10-13(7-6-8-13)9-14(10)11(15)16-12(2,3)4/h1,10H,6-9H2,2-4H3. The molecular formula is C13H19NO2. The van der Waals surface area contributed by atoms with Crippen LogP contribution in [0.4, 0.5) is 4.79 Å². The Morgan fingerprint density at radius 2 is 2.12 bits per heavy atom. The summed E-state index contributed by atoms with van der Waals surface area (Å²) in [6.45, 7) is 6.38. The Labute approximate surface area is 97.1 Å². The van der Waals surface area contributed by atoms with Crippen molar-refractivity contribution in [3.05, 3.63) is 0 Å². The molecule has 0 N–H and O–H groups in total. The van der Waals surface area contributed by atoms with E-state index in [1.165, 1.54) is 6.42 Å². The number of hydrogen-bond acceptors (Lipinski definition) is 2. The maximum Gasteiger partial charge on any atom is 0.411 e. The van der Waals surface area contributed by atoms with Gasteiger partial charge in [-0.3, -0.25) is 4.90 Å². The zero-order valence-corrected chi connectivity index (χ0v) is 10.2. The fourth-order valence-corrected chi connectivity index (χ4v) is 2.55. The Hall–Kier alpha value is -1.17. The number of carbonyl (C=O) groups is 1. The zero-order valence-electron chi connectivity index (χ0n) is 10.2. The van der Waals surface area contributed by atoms with E-state index in [4.69, 9.17) is 11.2 Å². The van der Waals surface area contributed by atoms with Crippen molar-refractivity contribution in [2.75, 3.05) is 6.54 Å². The van der Waals surface area contributed by atoms with Crippen LogP contribution in [0.3, 0.4) is 0 Å². The van der Waals surface area contributed by atoms with Crippen LogP contribution in [-0.2, 0) is 4.74 Å². The third-order valence-electron chi connectivity index (χ3n) is 3.51. The molecule has 1 aliphatic carbocycles. The lowest BCUT2D eigenvalue weighted by Crippen LogP contribution is -2.68. The van der Waals surface area contributed by atoms with Crippen LogP contribution in [0.25, 0.3) is 0 Å². The topological polar surface area (TPSA) is 29.5 Å². The maximum absolute atomic E-state index is 11.8. The van der Waals surface area contributed by atoms with E-state index in [-0.39, 0.29) is 17.6 Å². The van der Waals surface area contributed by atoms with Crippen LogP contribution < -0.4 is 0 Å². The molecule has 88 valence electrons. The first-order valence-corrected chi connectivity index (χ1v) is 5.84. The van der Waals surface area contributed by atoms with Gasteiger partial charge in [-0.2, -0.15) is 0 Å². The van der Waals surface area contributed by atoms with Gasteiger partial charge in [-0.05, 0) is 33.6 Å². The lowest BCUT2D eigenvalue weighted by Gasteiger charge is -2.59. The lowest BCUT2D eigenvalue weighted by atomic mass is 9.58. The molecule has 1 amide bonds. The van der Waals surface area contributed by atoms with E-state index in [9.17, 15) is 4.79 Å². The monoisotopic (exact) mass is 221 g/mol. The highest BCUT2D eigenvalue weighted by molar-refractivity contribution is 5.71. The highest BCUT2D eigenvalue weighted by atomic mass is 16.6. The fraction of sp³-hybridized carbons (Fsp3) is 0.769. The van der Waals surface area contributed by atoms with E-state index < -0.39 is 5.60 Å². The van der Waals surface area contributed by atoms with Crippen molar-refractivity contribution in [2.24, 2.45) is 5.41 Å². The Morgan fingerprint density at radius 1 is 1.50 bits per heavy atom. The minimum absolute atomic E-state index is 0.0453. The second-order valence-corrected chi connectivity index (χ2v) is 5.89. The van der Waals surface area contributed by atoms with E-state index in [1.54, 1.807) is 4.90 Å². The predicted octanol–water partition coefficient (Wildman–Crippen LogP) is 2.41. The molecule has 0 aromatic heterocycles. The summed E-state index contributed by atoms with van der Waals surface area (Å²) in [5, 5.41) is 0. The molecule has 0 aromatic rings. The minimum atomic E-state index is -0.446. The molecule has 16 heavy (non-hydrogen) atoms. The number of nitrogens with zero attached hydrogens (tertiary/aromatic N) is 1. The molecule has 1 aliphatic heterocycles. The van der Waals surface area contributed by atoms with Gasteiger partial charge in [-0.1, -0.05) is 12.3 Å². The van der Waals surface area contributed by atoms with Crippen molar-refractivity contribution in [2.45, 2.75) is 51.7 Å². The summed E-state index contributed by atoms with van der Waals surface area (Å²) in [5.74, 6) is 2.74. The van der Waals surface area contributed by atoms with E-state index in [1.807, 2.05) is 20.8 Å². The van der Waals surface area contributed by atoms with Crippen LogP contribution in [0.5, 0.6) is 0 Å². The Morgan fingerprint density at radius 3 is 2.50 bits per heavy atom. The van der Waals surface area contributed by atoms with Crippen LogP contribution in [-0.4, -0.2) is 29.2 Å². The van der Waals surface area contributed by atoms with Crippen molar-refractivity contribution in [1.82, 2.24) is 4.90 Å². The maximum atomic E-state index is 11.8. The van der Waals surface area contributed by atoms with Gasteiger partial charge in [-0.15, -0.1) is 6.42 Å². The summed E-state index contributed by atoms with van der Waals surface area (Å²) in [5.41, 5.74) is -0.218. The molecule has 0 aromatic carbocycles. The summed E-state index contributed by atoms with van der Waals surface area (Å²) >= 11 is 0. The van der Waals surface area contributed by atoms with E-state index in [2.05, 4.69) is 5.92 Å². The van der Waals surface area contributed by atoms with Gasteiger partial charge >= 0.3 is 6.09 Å². The molecule has 1 saturated carbocycles. The molecule has 2 fully saturated rings. The van der Waals surface area contributed by atoms with E-state index in [0.717, 1.165) is 19.4 Å². The number of hydrogen-bond donors (Lipinski definition) is 0. The summed E-state index contributed by atoms with van der Waals surface area (Å²) in [7, 11) is 0. The van der Waals surface area contributed by atoms with Crippen molar-refractivity contribution in [1.29, 1.82) is 0 Å². The lowest BCUT2D eigenvalue weighted by molar-refractivity contribution is -0.0974. The van der Waals surface area contributed by atoms with Crippen molar-refractivity contribution in [3.8, 4) is 12.3 Å². The summed E-state index contributed by atoms with van der Waals surface area (Å²) in [6, 6.07) is -0.0453. The molecule has 3 nitrogen and oxygen atoms in total. The number of likely N-dealkylation sites (tertiary alicyclic amines) is 1. The largest absolute Gasteiger partial charge is 0.444 e. The summed E-state index contributed by atoms with van der Waals surface area (Å²) < 4.78 is 5.33. The Kier molecular flexibility index (Phi) is 2.41. The molecule has 2 rings (SSSR count). The number of amides is 1. The van der Waals surface area contributed by atoms with Gasteiger partial charge in [0.15, 0.2) is 0 Å². The first kappa shape index (κ1) is 11.3. The van der Waals surface area contributed by atoms with E-state index in [0.29, 0.717) is 0 Å². The molecule has 1 atom stereocenters. The molecule has 1 unspecified atom stereocenters. The molecule has 2 aliphatic rings. The van der Waals surface area contributed by atoms with Crippen LogP contribution in [0, 0.1) is 17.8 Å². The van der Waals surface area contributed by atoms with Crippen LogP contribution in [0.1, 0.15) is 40.0 Å². The first-order chi connectivity index (χ1) is 7.38. The van der Waals surface area contributed by atoms with Gasteiger partial charge in [0.1, 0.15) is 11.6 Å².